The van der Waals surface area contributed by atoms with Crippen LogP contribution in [0.5, 0.6) is 0 Å². The van der Waals surface area contributed by atoms with Crippen LogP contribution in [0.15, 0.2) is 30.3 Å². The van der Waals surface area contributed by atoms with Crippen LogP contribution in [0.1, 0.15) is 12.0 Å². The fourth-order valence-corrected chi connectivity index (χ4v) is 4.34. The number of fused-ring (bicyclic) bond motifs is 1. The Kier molecular flexibility index (Phi) is 3.81. The highest BCUT2D eigenvalue weighted by Gasteiger charge is 2.44. The van der Waals surface area contributed by atoms with Gasteiger partial charge in [-0.1, -0.05) is 30.3 Å². The third kappa shape index (κ3) is 2.61. The van der Waals surface area contributed by atoms with Crippen LogP contribution in [-0.4, -0.2) is 50.3 Å². The van der Waals surface area contributed by atoms with Crippen LogP contribution in [0.4, 0.5) is 0 Å². The molecule has 110 valence electrons. The maximum absolute atomic E-state index is 11.9. The molecule has 0 saturated carbocycles. The Morgan fingerprint density at radius 2 is 2.00 bits per heavy atom. The Hall–Kier alpha value is -0.950. The van der Waals surface area contributed by atoms with Crippen molar-refractivity contribution in [3.05, 3.63) is 35.9 Å². The molecule has 0 bridgehead atoms. The molecule has 20 heavy (non-hydrogen) atoms. The highest BCUT2D eigenvalue weighted by molar-refractivity contribution is 7.87. The fraction of sp³-hybridized carbons (Fsp3) is 0.571. The molecule has 0 amide bonds. The van der Waals surface area contributed by atoms with E-state index in [9.17, 15) is 8.42 Å². The quantitative estimate of drug-likeness (QED) is 0.888. The Labute approximate surface area is 120 Å². The third-order valence-electron chi connectivity index (χ3n) is 4.46. The zero-order valence-corrected chi connectivity index (χ0v) is 12.5. The monoisotopic (exact) mass is 295 g/mol. The zero-order valence-electron chi connectivity index (χ0n) is 11.7. The van der Waals surface area contributed by atoms with Crippen molar-refractivity contribution in [3.8, 4) is 0 Å². The van der Waals surface area contributed by atoms with Gasteiger partial charge in [0.15, 0.2) is 0 Å². The summed E-state index contributed by atoms with van der Waals surface area (Å²) in [5.41, 5.74) is 1.29. The molecule has 0 aliphatic carbocycles. The van der Waals surface area contributed by atoms with Gasteiger partial charge in [-0.05, 0) is 24.4 Å². The average molecular weight is 295 g/mol. The Bertz CT molecular complexity index is 561. The standard InChI is InChI=1S/C14H21N3O2S/c1-15-20(18,19)17-10-13-7-8-16(14(13)11-17)9-12-5-3-2-4-6-12/h2-6,13-15H,7-11H2,1H3/t13-,14+/m0/s1. The van der Waals surface area contributed by atoms with Crippen molar-refractivity contribution < 1.29 is 8.42 Å². The molecule has 3 rings (SSSR count). The molecule has 1 aromatic carbocycles. The summed E-state index contributed by atoms with van der Waals surface area (Å²) >= 11 is 0. The average Bonchev–Trinajstić information content (AvgIpc) is 3.03. The predicted molar refractivity (Wildman–Crippen MR) is 78.3 cm³/mol. The smallest absolute Gasteiger partial charge is 0.279 e. The molecular weight excluding hydrogens is 274 g/mol. The molecule has 2 fully saturated rings. The molecular formula is C14H21N3O2S. The van der Waals surface area contributed by atoms with Gasteiger partial charge in [0.2, 0.25) is 0 Å². The summed E-state index contributed by atoms with van der Waals surface area (Å²) in [6.07, 6.45) is 1.09. The minimum Gasteiger partial charge on any atom is -0.294 e. The molecule has 6 heteroatoms. The largest absolute Gasteiger partial charge is 0.294 e. The van der Waals surface area contributed by atoms with E-state index in [1.165, 1.54) is 12.6 Å². The highest BCUT2D eigenvalue weighted by atomic mass is 32.2. The minimum atomic E-state index is -3.28. The van der Waals surface area contributed by atoms with Crippen molar-refractivity contribution in [1.82, 2.24) is 13.9 Å². The topological polar surface area (TPSA) is 52.7 Å². The summed E-state index contributed by atoms with van der Waals surface area (Å²) in [6, 6.07) is 10.7. The van der Waals surface area contributed by atoms with E-state index in [1.54, 1.807) is 4.31 Å². The van der Waals surface area contributed by atoms with Crippen molar-refractivity contribution in [2.24, 2.45) is 5.92 Å². The van der Waals surface area contributed by atoms with Crippen molar-refractivity contribution in [1.29, 1.82) is 0 Å². The Morgan fingerprint density at radius 3 is 2.70 bits per heavy atom. The summed E-state index contributed by atoms with van der Waals surface area (Å²) in [6.45, 7) is 3.24. The fourth-order valence-electron chi connectivity index (χ4n) is 3.35. The lowest BCUT2D eigenvalue weighted by molar-refractivity contribution is 0.236. The van der Waals surface area contributed by atoms with Crippen LogP contribution >= 0.6 is 0 Å². The van der Waals surface area contributed by atoms with E-state index in [-0.39, 0.29) is 0 Å². The van der Waals surface area contributed by atoms with Crippen molar-refractivity contribution in [2.45, 2.75) is 19.0 Å². The summed E-state index contributed by atoms with van der Waals surface area (Å²) in [5, 5.41) is 0. The second-order valence-electron chi connectivity index (χ2n) is 5.60. The SMILES string of the molecule is CNS(=O)(=O)N1C[C@@H]2CCN(Cc3ccccc3)[C@@H]2C1. The first-order chi connectivity index (χ1) is 9.60. The van der Waals surface area contributed by atoms with Crippen molar-refractivity contribution >= 4 is 10.2 Å². The molecule has 2 saturated heterocycles. The van der Waals surface area contributed by atoms with E-state index in [4.69, 9.17) is 0 Å². The van der Waals surface area contributed by atoms with Crippen LogP contribution in [0.2, 0.25) is 0 Å². The van der Waals surface area contributed by atoms with E-state index in [2.05, 4.69) is 33.9 Å². The minimum absolute atomic E-state index is 0.360. The van der Waals surface area contributed by atoms with Gasteiger partial charge < -0.3 is 0 Å². The number of hydrogen-bond donors (Lipinski definition) is 1. The molecule has 1 aromatic rings. The summed E-state index contributed by atoms with van der Waals surface area (Å²) in [5.74, 6) is 0.474. The van der Waals surface area contributed by atoms with Crippen molar-refractivity contribution in [3.63, 3.8) is 0 Å². The number of nitrogens with one attached hydrogen (secondary N) is 1. The molecule has 2 aliphatic heterocycles. The van der Waals surface area contributed by atoms with Gasteiger partial charge in [-0.25, -0.2) is 4.72 Å². The predicted octanol–water partition coefficient (Wildman–Crippen LogP) is 0.657. The summed E-state index contributed by atoms with van der Waals surface area (Å²) in [7, 11) is -1.80. The van der Waals surface area contributed by atoms with Gasteiger partial charge in [0, 0.05) is 32.7 Å². The maximum Gasteiger partial charge on any atom is 0.279 e. The zero-order chi connectivity index (χ0) is 14.2. The van der Waals surface area contributed by atoms with E-state index in [0.717, 1.165) is 19.5 Å². The first kappa shape index (κ1) is 14.0. The van der Waals surface area contributed by atoms with Crippen LogP contribution in [0.25, 0.3) is 0 Å². The Morgan fingerprint density at radius 1 is 1.25 bits per heavy atom. The molecule has 0 unspecified atom stereocenters. The van der Waals surface area contributed by atoms with Gasteiger partial charge in [-0.15, -0.1) is 0 Å². The summed E-state index contributed by atoms with van der Waals surface area (Å²) in [4.78, 5) is 2.42. The van der Waals surface area contributed by atoms with Gasteiger partial charge in [-0.3, -0.25) is 4.90 Å². The lowest BCUT2D eigenvalue weighted by atomic mass is 10.1. The van der Waals surface area contributed by atoms with Crippen LogP contribution in [0, 0.1) is 5.92 Å². The lowest BCUT2D eigenvalue weighted by Gasteiger charge is -2.24. The normalized spacial score (nSPS) is 27.9. The molecule has 2 atom stereocenters. The van der Waals surface area contributed by atoms with Gasteiger partial charge in [0.1, 0.15) is 0 Å². The summed E-state index contributed by atoms with van der Waals surface area (Å²) < 4.78 is 27.8. The van der Waals surface area contributed by atoms with Crippen LogP contribution in [-0.2, 0) is 16.8 Å². The number of likely N-dealkylation sites (tertiary alicyclic amines) is 1. The molecule has 0 spiro atoms. The van der Waals surface area contributed by atoms with Crippen LogP contribution in [0.3, 0.4) is 0 Å². The molecule has 0 radical (unpaired) electrons. The Balaban J connectivity index is 1.69. The number of hydrogen-bond acceptors (Lipinski definition) is 3. The van der Waals surface area contributed by atoms with E-state index < -0.39 is 10.2 Å². The van der Waals surface area contributed by atoms with E-state index in [1.807, 2.05) is 6.07 Å². The molecule has 2 aliphatic rings. The van der Waals surface area contributed by atoms with Gasteiger partial charge >= 0.3 is 0 Å². The third-order valence-corrected chi connectivity index (χ3v) is 5.95. The first-order valence-electron chi connectivity index (χ1n) is 7.07. The highest BCUT2D eigenvalue weighted by Crippen LogP contribution is 2.33. The number of benzene rings is 1. The van der Waals surface area contributed by atoms with Crippen LogP contribution < -0.4 is 4.72 Å². The van der Waals surface area contributed by atoms with E-state index >= 15 is 0 Å². The first-order valence-corrected chi connectivity index (χ1v) is 8.51. The molecule has 1 N–H and O–H groups in total. The number of rotatable bonds is 4. The molecule has 2 heterocycles. The second-order valence-corrected chi connectivity index (χ2v) is 7.47. The molecule has 0 aromatic heterocycles. The lowest BCUT2D eigenvalue weighted by Crippen LogP contribution is -2.40. The maximum atomic E-state index is 11.9. The van der Waals surface area contributed by atoms with Gasteiger partial charge in [-0.2, -0.15) is 12.7 Å². The van der Waals surface area contributed by atoms with Crippen molar-refractivity contribution in [2.75, 3.05) is 26.7 Å². The van der Waals surface area contributed by atoms with Gasteiger partial charge in [0.05, 0.1) is 0 Å². The van der Waals surface area contributed by atoms with Gasteiger partial charge in [0.25, 0.3) is 10.2 Å². The number of nitrogens with zero attached hydrogens (tertiary/aromatic N) is 2. The molecule has 5 nitrogen and oxygen atoms in total. The second kappa shape index (κ2) is 5.44. The van der Waals surface area contributed by atoms with E-state index in [0.29, 0.717) is 25.0 Å².